The fourth-order valence-electron chi connectivity index (χ4n) is 3.43. The summed E-state index contributed by atoms with van der Waals surface area (Å²) in [6.07, 6.45) is -4.54. The Bertz CT molecular complexity index is 1110. The fraction of sp³-hybridized carbons (Fsp3) is 0.217. The molecule has 0 bridgehead atoms. The van der Waals surface area contributed by atoms with Gasteiger partial charge in [0.25, 0.3) is 5.91 Å². The second-order valence-electron chi connectivity index (χ2n) is 7.34. The summed E-state index contributed by atoms with van der Waals surface area (Å²) in [5, 5.41) is 5.82. The molecule has 3 aromatic rings. The Hall–Kier alpha value is -3.20. The summed E-state index contributed by atoms with van der Waals surface area (Å²) in [5.74, 6) is -0.658. The van der Waals surface area contributed by atoms with Crippen LogP contribution in [0.25, 0.3) is 0 Å². The molecule has 1 atom stereocenters. The third-order valence-corrected chi connectivity index (χ3v) is 5.84. The summed E-state index contributed by atoms with van der Waals surface area (Å²) >= 11 is 1.26. The highest BCUT2D eigenvalue weighted by Gasteiger charge is 2.31. The maximum Gasteiger partial charge on any atom is 0.416 e. The monoisotopic (exact) mass is 462 g/mol. The predicted molar refractivity (Wildman–Crippen MR) is 113 cm³/mol. The third kappa shape index (κ3) is 5.16. The minimum atomic E-state index is -4.47. The number of rotatable bonds is 6. The second kappa shape index (κ2) is 9.12. The lowest BCUT2D eigenvalue weighted by atomic mass is 10.0. The Morgan fingerprint density at radius 1 is 1.12 bits per heavy atom. The van der Waals surface area contributed by atoms with Crippen LogP contribution in [-0.4, -0.2) is 29.2 Å². The first kappa shape index (κ1) is 22.0. The Labute approximate surface area is 185 Å². The van der Waals surface area contributed by atoms with Gasteiger partial charge in [-0.3, -0.25) is 4.79 Å². The smallest absolute Gasteiger partial charge is 0.390 e. The molecule has 0 N–H and O–H groups in total. The molecule has 1 aromatic heterocycles. The van der Waals surface area contributed by atoms with Crippen molar-refractivity contribution in [3.8, 4) is 0 Å². The molecule has 0 saturated carbocycles. The van der Waals surface area contributed by atoms with Crippen molar-refractivity contribution in [2.45, 2.75) is 25.2 Å². The number of benzene rings is 2. The average molecular weight is 462 g/mol. The predicted octanol–water partition coefficient (Wildman–Crippen LogP) is 5.74. The van der Waals surface area contributed by atoms with Crippen LogP contribution in [-0.2, 0) is 17.6 Å². The van der Waals surface area contributed by atoms with Crippen molar-refractivity contribution < 1.29 is 27.2 Å². The van der Waals surface area contributed by atoms with Gasteiger partial charge in [-0.25, -0.2) is 4.39 Å². The summed E-state index contributed by atoms with van der Waals surface area (Å²) in [5.41, 5.74) is 0.931. The summed E-state index contributed by atoms with van der Waals surface area (Å²) in [4.78, 5) is 20.5. The van der Waals surface area contributed by atoms with Gasteiger partial charge >= 0.3 is 6.18 Å². The lowest BCUT2D eigenvalue weighted by Crippen LogP contribution is -2.37. The van der Waals surface area contributed by atoms with E-state index in [0.29, 0.717) is 28.1 Å². The normalized spacial score (nSPS) is 15.9. The van der Waals surface area contributed by atoms with Gasteiger partial charge < -0.3 is 9.74 Å². The molecule has 0 unspecified atom stereocenters. The number of nitrogens with zero attached hydrogens (tertiary/aromatic N) is 2. The average Bonchev–Trinajstić information content (AvgIpc) is 3.45. The number of hydrogen-bond acceptors (Lipinski definition) is 4. The minimum Gasteiger partial charge on any atom is -0.390 e. The first-order valence-electron chi connectivity index (χ1n) is 9.77. The highest BCUT2D eigenvalue weighted by molar-refractivity contribution is 7.12. The van der Waals surface area contributed by atoms with Gasteiger partial charge in [-0.1, -0.05) is 35.5 Å². The molecule has 1 amide bonds. The largest absolute Gasteiger partial charge is 0.416 e. The van der Waals surface area contributed by atoms with Crippen LogP contribution in [0.2, 0.25) is 0 Å². The maximum atomic E-state index is 13.2. The number of hydrogen-bond donors (Lipinski definition) is 0. The lowest BCUT2D eigenvalue weighted by Gasteiger charge is -2.25. The molecule has 166 valence electrons. The third-order valence-electron chi connectivity index (χ3n) is 4.98. The summed E-state index contributed by atoms with van der Waals surface area (Å²) in [6, 6.07) is 14.2. The topological polar surface area (TPSA) is 41.9 Å². The molecule has 9 heteroatoms. The first-order chi connectivity index (χ1) is 15.3. The van der Waals surface area contributed by atoms with E-state index in [9.17, 15) is 22.4 Å². The zero-order chi connectivity index (χ0) is 22.7. The lowest BCUT2D eigenvalue weighted by molar-refractivity contribution is -0.137. The number of alkyl halides is 3. The van der Waals surface area contributed by atoms with E-state index in [4.69, 9.17) is 4.84 Å². The Kier molecular flexibility index (Phi) is 6.27. The number of carbonyl (C=O) groups is 1. The van der Waals surface area contributed by atoms with Gasteiger partial charge in [0, 0.05) is 13.0 Å². The number of oxime groups is 1. The van der Waals surface area contributed by atoms with Crippen molar-refractivity contribution in [2.24, 2.45) is 5.16 Å². The molecule has 2 heterocycles. The molecule has 1 aliphatic heterocycles. The van der Waals surface area contributed by atoms with E-state index in [0.717, 1.165) is 12.1 Å². The quantitative estimate of drug-likeness (QED) is 0.439. The number of thiophene rings is 1. The van der Waals surface area contributed by atoms with E-state index in [2.05, 4.69) is 5.16 Å². The zero-order valence-corrected chi connectivity index (χ0v) is 17.5. The Balaban J connectivity index is 1.51. The molecule has 0 spiro atoms. The standard InChI is InChI=1S/C23H18F4N2O2S/c24-18-8-6-16(7-9-18)20-12-19(31-28-20)14-29(22(30)21-5-2-10-32-21)13-15-3-1-4-17(11-15)23(25,26)27/h1-11,19H,12-14H2/t19-/m0/s1. The van der Waals surface area contributed by atoms with Crippen LogP contribution < -0.4 is 0 Å². The molecule has 2 aromatic carbocycles. The summed E-state index contributed by atoms with van der Waals surface area (Å²) in [7, 11) is 0. The zero-order valence-electron chi connectivity index (χ0n) is 16.7. The van der Waals surface area contributed by atoms with E-state index >= 15 is 0 Å². The van der Waals surface area contributed by atoms with Crippen LogP contribution in [0.15, 0.2) is 71.2 Å². The van der Waals surface area contributed by atoms with Crippen LogP contribution >= 0.6 is 11.3 Å². The summed E-state index contributed by atoms with van der Waals surface area (Å²) in [6.45, 7) is 0.133. The molecule has 32 heavy (non-hydrogen) atoms. The molecule has 4 rings (SSSR count). The molecule has 1 aliphatic rings. The molecule has 0 fully saturated rings. The SMILES string of the molecule is O=C(c1cccs1)N(Cc1cccc(C(F)(F)F)c1)C[C@@H]1CC(c2ccc(F)cc2)=NO1. The molecule has 0 saturated heterocycles. The van der Waals surface area contributed by atoms with E-state index < -0.39 is 17.8 Å². The Morgan fingerprint density at radius 2 is 1.91 bits per heavy atom. The van der Waals surface area contributed by atoms with Crippen molar-refractivity contribution in [3.63, 3.8) is 0 Å². The number of carbonyl (C=O) groups excluding carboxylic acids is 1. The molecule has 0 radical (unpaired) electrons. The maximum absolute atomic E-state index is 13.2. The highest BCUT2D eigenvalue weighted by Crippen LogP contribution is 2.30. The van der Waals surface area contributed by atoms with Gasteiger partial charge in [-0.15, -0.1) is 11.3 Å². The molecule has 4 nitrogen and oxygen atoms in total. The van der Waals surface area contributed by atoms with Crippen molar-refractivity contribution in [1.82, 2.24) is 4.90 Å². The fourth-order valence-corrected chi connectivity index (χ4v) is 4.12. The van der Waals surface area contributed by atoms with Crippen molar-refractivity contribution in [2.75, 3.05) is 6.54 Å². The van der Waals surface area contributed by atoms with Gasteiger partial charge in [0.05, 0.1) is 22.7 Å². The van der Waals surface area contributed by atoms with Crippen LogP contribution in [0.3, 0.4) is 0 Å². The molecular weight excluding hydrogens is 444 g/mol. The van der Waals surface area contributed by atoms with E-state index in [1.54, 1.807) is 35.7 Å². The molecule has 0 aliphatic carbocycles. The van der Waals surface area contributed by atoms with Crippen molar-refractivity contribution >= 4 is 23.0 Å². The van der Waals surface area contributed by atoms with Crippen LogP contribution in [0, 0.1) is 5.82 Å². The van der Waals surface area contributed by atoms with Crippen molar-refractivity contribution in [3.05, 3.63) is 93.4 Å². The van der Waals surface area contributed by atoms with Crippen LogP contribution in [0.1, 0.15) is 32.8 Å². The van der Waals surface area contributed by atoms with Crippen LogP contribution in [0.4, 0.5) is 17.6 Å². The van der Waals surface area contributed by atoms with E-state index in [1.807, 2.05) is 0 Å². The van der Waals surface area contributed by atoms with Crippen molar-refractivity contribution in [1.29, 1.82) is 0 Å². The van der Waals surface area contributed by atoms with Gasteiger partial charge in [-0.05, 0) is 46.8 Å². The van der Waals surface area contributed by atoms with E-state index in [-0.39, 0.29) is 24.8 Å². The van der Waals surface area contributed by atoms with E-state index in [1.165, 1.54) is 34.4 Å². The van der Waals surface area contributed by atoms with Gasteiger partial charge in [0.1, 0.15) is 5.82 Å². The summed E-state index contributed by atoms with van der Waals surface area (Å²) < 4.78 is 52.5. The van der Waals surface area contributed by atoms with Gasteiger partial charge in [0.15, 0.2) is 6.10 Å². The van der Waals surface area contributed by atoms with Crippen LogP contribution in [0.5, 0.6) is 0 Å². The highest BCUT2D eigenvalue weighted by atomic mass is 32.1. The molecular formula is C23H18F4N2O2S. The first-order valence-corrected chi connectivity index (χ1v) is 10.6. The minimum absolute atomic E-state index is 0.00754. The number of halogens is 4. The Morgan fingerprint density at radius 3 is 2.59 bits per heavy atom. The van der Waals surface area contributed by atoms with Gasteiger partial charge in [0.2, 0.25) is 0 Å². The second-order valence-corrected chi connectivity index (χ2v) is 8.29. The number of amides is 1. The van der Waals surface area contributed by atoms with Gasteiger partial charge in [-0.2, -0.15) is 13.2 Å².